The molecule has 0 radical (unpaired) electrons. The Hall–Kier alpha value is -2.33. The highest BCUT2D eigenvalue weighted by atomic mass is 16.6. The summed E-state index contributed by atoms with van der Waals surface area (Å²) in [5.41, 5.74) is 1.95. The molecule has 0 aliphatic rings. The van der Waals surface area contributed by atoms with Crippen LogP contribution in [0.25, 0.3) is 0 Å². The van der Waals surface area contributed by atoms with E-state index < -0.39 is 12.1 Å². The maximum absolute atomic E-state index is 12.3. The first-order valence-electron chi connectivity index (χ1n) is 8.06. The van der Waals surface area contributed by atoms with Gasteiger partial charge in [-0.3, -0.25) is 0 Å². The summed E-state index contributed by atoms with van der Waals surface area (Å²) >= 11 is 0. The van der Waals surface area contributed by atoms with E-state index >= 15 is 0 Å². The summed E-state index contributed by atoms with van der Waals surface area (Å²) in [6.45, 7) is 6.14. The van der Waals surface area contributed by atoms with Crippen molar-refractivity contribution in [3.05, 3.63) is 59.7 Å². The second-order valence-electron chi connectivity index (χ2n) is 5.92. The Morgan fingerprint density at radius 3 is 2.50 bits per heavy atom. The van der Waals surface area contributed by atoms with Crippen molar-refractivity contribution < 1.29 is 19.0 Å². The normalized spacial score (nSPS) is 12.0. The van der Waals surface area contributed by atoms with Gasteiger partial charge < -0.3 is 14.2 Å². The number of benzene rings is 2. The van der Waals surface area contributed by atoms with Crippen LogP contribution in [0, 0.1) is 0 Å². The predicted octanol–water partition coefficient (Wildman–Crippen LogP) is 4.33. The first-order valence-corrected chi connectivity index (χ1v) is 8.06. The number of ether oxygens (including phenoxy) is 3. The van der Waals surface area contributed by atoms with Crippen LogP contribution in [0.2, 0.25) is 0 Å². The molecule has 0 saturated carbocycles. The third kappa shape index (κ3) is 4.83. The van der Waals surface area contributed by atoms with E-state index in [0.717, 1.165) is 16.9 Å². The molecule has 0 amide bonds. The maximum atomic E-state index is 12.3. The number of esters is 1. The van der Waals surface area contributed by atoms with Crippen LogP contribution >= 0.6 is 0 Å². The van der Waals surface area contributed by atoms with Crippen molar-refractivity contribution in [3.8, 4) is 11.5 Å². The van der Waals surface area contributed by atoms with Crippen molar-refractivity contribution >= 4 is 5.97 Å². The van der Waals surface area contributed by atoms with Gasteiger partial charge in [-0.05, 0) is 42.2 Å². The number of hydrogen-bond donors (Lipinski definition) is 0. The number of carbonyl (C=O) groups is 1. The number of para-hydroxylation sites is 1. The summed E-state index contributed by atoms with van der Waals surface area (Å²) in [5.74, 6) is 1.24. The molecular formula is C20H24O4. The number of hydrogen-bond acceptors (Lipinski definition) is 4. The average Bonchev–Trinajstić information content (AvgIpc) is 2.60. The molecule has 4 heteroatoms. The Balaban J connectivity index is 1.95. The Morgan fingerprint density at radius 2 is 1.79 bits per heavy atom. The zero-order valence-corrected chi connectivity index (χ0v) is 14.6. The van der Waals surface area contributed by atoms with Crippen molar-refractivity contribution in [1.82, 2.24) is 0 Å². The number of rotatable bonds is 7. The number of carbonyl (C=O) groups excluding carboxylic acids is 1. The monoisotopic (exact) mass is 328 g/mol. The molecule has 2 rings (SSSR count). The zero-order chi connectivity index (χ0) is 17.5. The van der Waals surface area contributed by atoms with E-state index in [1.165, 1.54) is 0 Å². The highest BCUT2D eigenvalue weighted by Crippen LogP contribution is 2.26. The molecule has 24 heavy (non-hydrogen) atoms. The van der Waals surface area contributed by atoms with Crippen LogP contribution in [0.15, 0.2) is 48.5 Å². The number of methoxy groups -OCH3 is 1. The van der Waals surface area contributed by atoms with Crippen LogP contribution in [-0.2, 0) is 16.1 Å². The molecule has 0 N–H and O–H groups in total. The van der Waals surface area contributed by atoms with Crippen molar-refractivity contribution in [3.63, 3.8) is 0 Å². The molecule has 0 aliphatic carbocycles. The molecule has 0 saturated heterocycles. The second kappa shape index (κ2) is 8.50. The molecule has 0 spiro atoms. The average molecular weight is 328 g/mol. The van der Waals surface area contributed by atoms with Gasteiger partial charge in [0, 0.05) is 0 Å². The van der Waals surface area contributed by atoms with Crippen LogP contribution in [0.4, 0.5) is 0 Å². The molecule has 128 valence electrons. The summed E-state index contributed by atoms with van der Waals surface area (Å²) < 4.78 is 16.3. The summed E-state index contributed by atoms with van der Waals surface area (Å²) in [4.78, 5) is 12.3. The van der Waals surface area contributed by atoms with Crippen LogP contribution in [0.5, 0.6) is 11.5 Å². The van der Waals surface area contributed by atoms with Gasteiger partial charge in [-0.15, -0.1) is 0 Å². The van der Waals surface area contributed by atoms with Crippen molar-refractivity contribution in [2.24, 2.45) is 0 Å². The van der Waals surface area contributed by atoms with E-state index in [9.17, 15) is 4.79 Å². The third-order valence-electron chi connectivity index (χ3n) is 3.72. The van der Waals surface area contributed by atoms with E-state index in [-0.39, 0.29) is 5.92 Å². The summed E-state index contributed by atoms with van der Waals surface area (Å²) in [6, 6.07) is 15.1. The minimum atomic E-state index is -0.656. The van der Waals surface area contributed by atoms with E-state index in [4.69, 9.17) is 14.2 Å². The highest BCUT2D eigenvalue weighted by Gasteiger charge is 2.18. The Bertz CT molecular complexity index is 679. The maximum Gasteiger partial charge on any atom is 0.340 e. The van der Waals surface area contributed by atoms with Gasteiger partial charge in [-0.1, -0.05) is 44.2 Å². The lowest BCUT2D eigenvalue weighted by Gasteiger charge is -2.16. The Morgan fingerprint density at radius 1 is 1.04 bits per heavy atom. The lowest BCUT2D eigenvalue weighted by atomic mass is 10.0. The fourth-order valence-corrected chi connectivity index (χ4v) is 2.29. The molecule has 1 unspecified atom stereocenters. The van der Waals surface area contributed by atoms with E-state index in [2.05, 4.69) is 13.8 Å². The van der Waals surface area contributed by atoms with Gasteiger partial charge in [0.25, 0.3) is 0 Å². The molecule has 0 aromatic heterocycles. The summed E-state index contributed by atoms with van der Waals surface area (Å²) in [6.07, 6.45) is -0.656. The second-order valence-corrected chi connectivity index (χ2v) is 5.92. The molecule has 1 atom stereocenters. The molecule has 2 aromatic carbocycles. The van der Waals surface area contributed by atoms with Crippen LogP contribution in [0.1, 0.15) is 37.8 Å². The van der Waals surface area contributed by atoms with Crippen LogP contribution in [0.3, 0.4) is 0 Å². The molecule has 0 fully saturated rings. The molecule has 0 bridgehead atoms. The van der Waals surface area contributed by atoms with E-state index in [0.29, 0.717) is 12.4 Å². The lowest BCUT2D eigenvalue weighted by Crippen LogP contribution is -2.26. The Kier molecular flexibility index (Phi) is 6.38. The van der Waals surface area contributed by atoms with Crippen LogP contribution < -0.4 is 9.47 Å². The van der Waals surface area contributed by atoms with Gasteiger partial charge in [0.05, 0.1) is 13.7 Å². The van der Waals surface area contributed by atoms with Gasteiger partial charge >= 0.3 is 5.97 Å². The lowest BCUT2D eigenvalue weighted by molar-refractivity contribution is -0.147. The van der Waals surface area contributed by atoms with Crippen molar-refractivity contribution in [1.29, 1.82) is 0 Å². The molecule has 2 aromatic rings. The fourth-order valence-electron chi connectivity index (χ4n) is 2.29. The van der Waals surface area contributed by atoms with E-state index in [1.54, 1.807) is 14.0 Å². The SMILES string of the molecule is COc1cccc(COC(C)C(=O)Oc2ccccc2C(C)C)c1. The molecule has 0 aliphatic heterocycles. The van der Waals surface area contributed by atoms with E-state index in [1.807, 2.05) is 48.5 Å². The Labute approximate surface area is 143 Å². The fraction of sp³-hybridized carbons (Fsp3) is 0.350. The van der Waals surface area contributed by atoms with Crippen molar-refractivity contribution in [2.75, 3.05) is 7.11 Å². The topological polar surface area (TPSA) is 44.8 Å². The zero-order valence-electron chi connectivity index (χ0n) is 14.6. The summed E-state index contributed by atoms with van der Waals surface area (Å²) in [7, 11) is 1.62. The largest absolute Gasteiger partial charge is 0.497 e. The summed E-state index contributed by atoms with van der Waals surface area (Å²) in [5, 5.41) is 0. The molecule has 4 nitrogen and oxygen atoms in total. The van der Waals surface area contributed by atoms with Gasteiger partial charge in [-0.25, -0.2) is 4.79 Å². The van der Waals surface area contributed by atoms with Gasteiger partial charge in [0.1, 0.15) is 11.5 Å². The first-order chi connectivity index (χ1) is 11.5. The van der Waals surface area contributed by atoms with Gasteiger partial charge in [0.2, 0.25) is 0 Å². The third-order valence-corrected chi connectivity index (χ3v) is 3.72. The smallest absolute Gasteiger partial charge is 0.340 e. The first kappa shape index (κ1) is 18.0. The predicted molar refractivity (Wildman–Crippen MR) is 93.4 cm³/mol. The van der Waals surface area contributed by atoms with Gasteiger partial charge in [0.15, 0.2) is 6.10 Å². The van der Waals surface area contributed by atoms with Crippen LogP contribution in [-0.4, -0.2) is 19.2 Å². The van der Waals surface area contributed by atoms with Gasteiger partial charge in [-0.2, -0.15) is 0 Å². The van der Waals surface area contributed by atoms with Crippen molar-refractivity contribution in [2.45, 2.75) is 39.4 Å². The molecular weight excluding hydrogens is 304 g/mol. The highest BCUT2D eigenvalue weighted by molar-refractivity contribution is 5.77. The molecule has 0 heterocycles. The quantitative estimate of drug-likeness (QED) is 0.560. The minimum Gasteiger partial charge on any atom is -0.497 e. The standard InChI is InChI=1S/C20H24O4/c1-14(2)18-10-5-6-11-19(18)24-20(21)15(3)23-13-16-8-7-9-17(12-16)22-4/h5-12,14-15H,13H2,1-4H3. The minimum absolute atomic E-state index is 0.280.